The molecule has 0 fully saturated rings. The van der Waals surface area contributed by atoms with Gasteiger partial charge in [-0.1, -0.05) is 54.4 Å². The average Bonchev–Trinajstić information content (AvgIpc) is 3.07. The average molecular weight is 637 g/mol. The normalized spacial score (nSPS) is 12.8. The van der Waals surface area contributed by atoms with Crippen molar-refractivity contribution in [2.45, 2.75) is 106 Å². The van der Waals surface area contributed by atoms with Crippen LogP contribution in [0.5, 0.6) is 11.5 Å². The second-order valence-electron chi connectivity index (χ2n) is 12.8. The van der Waals surface area contributed by atoms with Gasteiger partial charge in [-0.05, 0) is 126 Å². The quantitative estimate of drug-likeness (QED) is 0.0719. The number of ketones is 2. The summed E-state index contributed by atoms with van der Waals surface area (Å²) in [6.07, 6.45) is 9.72. The first kappa shape index (κ1) is 39.5. The number of ether oxygens (including phenoxy) is 2. The van der Waals surface area contributed by atoms with Gasteiger partial charge in [-0.2, -0.15) is 0 Å². The third-order valence-corrected chi connectivity index (χ3v) is 8.44. The fourth-order valence-electron chi connectivity index (χ4n) is 6.21. The van der Waals surface area contributed by atoms with Crippen molar-refractivity contribution in [1.82, 2.24) is 9.80 Å². The molecule has 0 heterocycles. The molecule has 0 aromatic heterocycles. The zero-order valence-electron chi connectivity index (χ0n) is 30.0. The molecule has 0 radical (unpaired) electrons. The Labute approximate surface area is 281 Å². The fraction of sp³-hybridized carbons (Fsp3) is 0.650. The van der Waals surface area contributed by atoms with E-state index in [1.807, 2.05) is 48.5 Å². The molecule has 2 rings (SSSR count). The smallest absolute Gasteiger partial charge is 0.167 e. The number of hydrogen-bond donors (Lipinski definition) is 0. The number of Topliss-reactive ketones (excluding diaryl/α,β-unsaturated/α-hetero) is 2. The Hall–Kier alpha value is -2.70. The summed E-state index contributed by atoms with van der Waals surface area (Å²) >= 11 is 0. The van der Waals surface area contributed by atoms with E-state index >= 15 is 0 Å². The van der Waals surface area contributed by atoms with E-state index in [4.69, 9.17) is 9.47 Å². The van der Waals surface area contributed by atoms with Gasteiger partial charge < -0.3 is 19.3 Å². The Kier molecular flexibility index (Phi) is 20.2. The van der Waals surface area contributed by atoms with Gasteiger partial charge in [0, 0.05) is 36.1 Å². The molecule has 0 saturated carbocycles. The molecule has 0 spiro atoms. The molecule has 2 unspecified atom stereocenters. The molecule has 0 saturated heterocycles. The first-order valence-corrected chi connectivity index (χ1v) is 18.4. The Morgan fingerprint density at radius 2 is 0.848 bits per heavy atom. The zero-order chi connectivity index (χ0) is 33.6. The minimum absolute atomic E-state index is 0.0676. The Morgan fingerprint density at radius 3 is 1.13 bits per heavy atom. The molecule has 0 amide bonds. The largest absolute Gasteiger partial charge is 0.494 e. The van der Waals surface area contributed by atoms with Crippen molar-refractivity contribution >= 4 is 11.6 Å². The molecule has 2 aromatic carbocycles. The first-order valence-electron chi connectivity index (χ1n) is 18.4. The number of nitrogens with zero attached hydrogens (tertiary/aromatic N) is 2. The molecular formula is C40H64N2O4. The van der Waals surface area contributed by atoms with Crippen molar-refractivity contribution in [3.63, 3.8) is 0 Å². The van der Waals surface area contributed by atoms with Crippen LogP contribution in [0, 0.1) is 11.8 Å². The van der Waals surface area contributed by atoms with Crippen molar-refractivity contribution in [1.29, 1.82) is 0 Å². The minimum atomic E-state index is -0.0676. The van der Waals surface area contributed by atoms with E-state index in [9.17, 15) is 9.59 Å². The molecule has 0 N–H and O–H groups in total. The molecule has 2 aromatic rings. The van der Waals surface area contributed by atoms with Crippen molar-refractivity contribution in [2.75, 3.05) is 52.5 Å². The summed E-state index contributed by atoms with van der Waals surface area (Å²) in [6.45, 7) is 19.9. The van der Waals surface area contributed by atoms with E-state index in [-0.39, 0.29) is 23.4 Å². The Bertz CT molecular complexity index is 986. The van der Waals surface area contributed by atoms with Gasteiger partial charge in [-0.3, -0.25) is 9.59 Å². The molecule has 6 nitrogen and oxygen atoms in total. The summed E-state index contributed by atoms with van der Waals surface area (Å²) in [5.41, 5.74) is 1.52. The molecule has 6 heteroatoms. The summed E-state index contributed by atoms with van der Waals surface area (Å²) in [4.78, 5) is 32.7. The predicted octanol–water partition coefficient (Wildman–Crippen LogP) is 9.37. The SMILES string of the molecule is CCCOc1ccc(C(=O)C(CCCCC(CN(CCC)CCC)C(=O)c2ccc(OCCC)cc2)CN(CCC)CCC)cc1. The summed E-state index contributed by atoms with van der Waals surface area (Å²) in [5.74, 6) is 1.92. The second kappa shape index (κ2) is 23.6. The summed E-state index contributed by atoms with van der Waals surface area (Å²) in [6, 6.07) is 15.4. The predicted molar refractivity (Wildman–Crippen MR) is 193 cm³/mol. The van der Waals surface area contributed by atoms with Crippen molar-refractivity contribution < 1.29 is 19.1 Å². The van der Waals surface area contributed by atoms with Gasteiger partial charge in [0.05, 0.1) is 13.2 Å². The number of carbonyl (C=O) groups is 2. The molecule has 0 aliphatic rings. The van der Waals surface area contributed by atoms with E-state index in [1.165, 1.54) is 0 Å². The molecular weight excluding hydrogens is 572 g/mol. The van der Waals surface area contributed by atoms with E-state index in [2.05, 4.69) is 51.3 Å². The number of rotatable bonds is 27. The third kappa shape index (κ3) is 14.4. The van der Waals surface area contributed by atoms with Crippen LogP contribution in [0.3, 0.4) is 0 Å². The van der Waals surface area contributed by atoms with Crippen molar-refractivity contribution in [2.24, 2.45) is 11.8 Å². The molecule has 0 aliphatic carbocycles. The highest BCUT2D eigenvalue weighted by Crippen LogP contribution is 2.24. The molecule has 46 heavy (non-hydrogen) atoms. The van der Waals surface area contributed by atoms with Gasteiger partial charge in [-0.25, -0.2) is 0 Å². The lowest BCUT2D eigenvalue weighted by Gasteiger charge is -2.28. The van der Waals surface area contributed by atoms with Crippen LogP contribution < -0.4 is 9.47 Å². The summed E-state index contributed by atoms with van der Waals surface area (Å²) in [7, 11) is 0. The molecule has 2 atom stereocenters. The van der Waals surface area contributed by atoms with Crippen molar-refractivity contribution in [3.05, 3.63) is 59.7 Å². The highest BCUT2D eigenvalue weighted by molar-refractivity contribution is 5.98. The number of unbranched alkanes of at least 4 members (excludes halogenated alkanes) is 1. The van der Waals surface area contributed by atoms with Crippen LogP contribution in [-0.2, 0) is 0 Å². The van der Waals surface area contributed by atoms with Gasteiger partial charge in [0.1, 0.15) is 11.5 Å². The number of hydrogen-bond acceptors (Lipinski definition) is 6. The van der Waals surface area contributed by atoms with E-state index in [1.54, 1.807) is 0 Å². The first-order chi connectivity index (χ1) is 22.4. The topological polar surface area (TPSA) is 59.1 Å². The maximum atomic E-state index is 13.9. The fourth-order valence-corrected chi connectivity index (χ4v) is 6.21. The summed E-state index contributed by atoms with van der Waals surface area (Å²) < 4.78 is 11.5. The molecule has 0 bridgehead atoms. The van der Waals surface area contributed by atoms with Crippen LogP contribution in [0.15, 0.2) is 48.5 Å². The van der Waals surface area contributed by atoms with Crippen molar-refractivity contribution in [3.8, 4) is 11.5 Å². The van der Waals surface area contributed by atoms with Crippen LogP contribution in [0.1, 0.15) is 126 Å². The Morgan fingerprint density at radius 1 is 0.522 bits per heavy atom. The van der Waals surface area contributed by atoms with Gasteiger partial charge in [0.15, 0.2) is 11.6 Å². The van der Waals surface area contributed by atoms with E-state index in [0.717, 1.165) is 126 Å². The Balaban J connectivity index is 2.17. The van der Waals surface area contributed by atoms with Gasteiger partial charge in [0.25, 0.3) is 0 Å². The zero-order valence-corrected chi connectivity index (χ0v) is 30.0. The van der Waals surface area contributed by atoms with E-state index in [0.29, 0.717) is 13.2 Å². The van der Waals surface area contributed by atoms with E-state index < -0.39 is 0 Å². The van der Waals surface area contributed by atoms with Gasteiger partial charge >= 0.3 is 0 Å². The summed E-state index contributed by atoms with van der Waals surface area (Å²) in [5, 5.41) is 0. The number of benzene rings is 2. The molecule has 0 aliphatic heterocycles. The highest BCUT2D eigenvalue weighted by Gasteiger charge is 2.25. The lowest BCUT2D eigenvalue weighted by Crippen LogP contribution is -2.35. The van der Waals surface area contributed by atoms with Crippen LogP contribution in [-0.4, -0.2) is 73.8 Å². The number of carbonyl (C=O) groups excluding carboxylic acids is 2. The lowest BCUT2D eigenvalue weighted by molar-refractivity contribution is 0.0846. The van der Waals surface area contributed by atoms with Gasteiger partial charge in [0.2, 0.25) is 0 Å². The standard InChI is InChI=1S/C40H64N2O4/c1-7-25-41(26-8-2)31-35(39(43)33-17-21-37(22-18-33)45-29-11-5)15-13-14-16-36(32-42(27-9-3)28-10-4)40(44)34-19-23-38(24-20-34)46-30-12-6/h17-24,35-36H,7-16,25-32H2,1-6H3. The lowest BCUT2D eigenvalue weighted by atomic mass is 9.88. The van der Waals surface area contributed by atoms with Crippen LogP contribution in [0.25, 0.3) is 0 Å². The second-order valence-corrected chi connectivity index (χ2v) is 12.8. The molecule has 258 valence electrons. The van der Waals surface area contributed by atoms with Gasteiger partial charge in [-0.15, -0.1) is 0 Å². The maximum Gasteiger partial charge on any atom is 0.167 e. The highest BCUT2D eigenvalue weighted by atomic mass is 16.5. The maximum absolute atomic E-state index is 13.9. The minimum Gasteiger partial charge on any atom is -0.494 e. The third-order valence-electron chi connectivity index (χ3n) is 8.44. The van der Waals surface area contributed by atoms with Crippen LogP contribution in [0.4, 0.5) is 0 Å². The van der Waals surface area contributed by atoms with Crippen LogP contribution in [0.2, 0.25) is 0 Å². The monoisotopic (exact) mass is 636 g/mol. The van der Waals surface area contributed by atoms with Crippen LogP contribution >= 0.6 is 0 Å².